The van der Waals surface area contributed by atoms with E-state index in [2.05, 4.69) is 15.3 Å². The molecule has 1 aliphatic heterocycles. The molecule has 4 rings (SSSR count). The normalized spacial score (nSPS) is 23.6. The number of carbonyl (C=O) groups excluding carboxylic acids is 1. The molecule has 1 saturated carbocycles. The summed E-state index contributed by atoms with van der Waals surface area (Å²) in [7, 11) is 0. The third-order valence-corrected chi connectivity index (χ3v) is 7.52. The summed E-state index contributed by atoms with van der Waals surface area (Å²) in [6.07, 6.45) is 0.680. The molecule has 37 heavy (non-hydrogen) atoms. The molecule has 2 aliphatic rings. The highest BCUT2D eigenvalue weighted by Crippen LogP contribution is 2.43. The van der Waals surface area contributed by atoms with Gasteiger partial charge in [-0.05, 0) is 44.2 Å². The Labute approximate surface area is 220 Å². The summed E-state index contributed by atoms with van der Waals surface area (Å²) < 4.78 is 48.5. The van der Waals surface area contributed by atoms with E-state index in [1.54, 1.807) is 18.5 Å². The maximum Gasteiger partial charge on any atom is 0.338 e. The number of alkyl halides is 2. The molecule has 2 aromatic rings. The van der Waals surface area contributed by atoms with Crippen LogP contribution in [0, 0.1) is 17.7 Å². The standard InChI is InChI=1S/C25H25ClF3N3O4S/c1-2-36-24(35)19-18(9-13-3-4-14(23(33)34)12-25(28,29)11-13)31-21(22-30-7-8-37-22)32-20(19)16-6-5-15(27)10-17(16)26/h5-8,10,13-14,20H,2-4,9,11-12H2,1H3,(H,31,32)(H,33,34)/t13?,14-,20-/m0/s1. The monoisotopic (exact) mass is 555 g/mol. The van der Waals surface area contributed by atoms with Crippen molar-refractivity contribution in [2.24, 2.45) is 16.8 Å². The number of hydrogen-bond donors (Lipinski definition) is 2. The number of ether oxygens (including phenoxy) is 1. The number of esters is 1. The van der Waals surface area contributed by atoms with Gasteiger partial charge in [0.1, 0.15) is 11.9 Å². The summed E-state index contributed by atoms with van der Waals surface area (Å²) in [4.78, 5) is 33.6. The molecule has 1 aromatic carbocycles. The van der Waals surface area contributed by atoms with Crippen molar-refractivity contribution in [3.8, 4) is 0 Å². The van der Waals surface area contributed by atoms with Gasteiger partial charge in [0.05, 0.1) is 18.1 Å². The van der Waals surface area contributed by atoms with E-state index in [9.17, 15) is 27.9 Å². The molecule has 198 valence electrons. The number of carboxylic acid groups (broad SMARTS) is 1. The summed E-state index contributed by atoms with van der Waals surface area (Å²) in [5.74, 6) is -7.14. The Bertz CT molecular complexity index is 1240. The summed E-state index contributed by atoms with van der Waals surface area (Å²) in [5, 5.41) is 14.7. The van der Waals surface area contributed by atoms with E-state index in [-0.39, 0.29) is 36.5 Å². The quantitative estimate of drug-likeness (QED) is 0.333. The maximum absolute atomic E-state index is 14.7. The molecule has 1 aliphatic carbocycles. The van der Waals surface area contributed by atoms with Gasteiger partial charge in [-0.3, -0.25) is 9.79 Å². The summed E-state index contributed by atoms with van der Waals surface area (Å²) in [6, 6.07) is 2.73. The number of aliphatic carboxylic acids is 1. The van der Waals surface area contributed by atoms with Crippen LogP contribution in [0.25, 0.3) is 0 Å². The first-order valence-electron chi connectivity index (χ1n) is 11.8. The van der Waals surface area contributed by atoms with Crippen molar-refractivity contribution in [1.82, 2.24) is 10.3 Å². The Balaban J connectivity index is 1.79. The second-order valence-corrected chi connectivity index (χ2v) is 10.4. The van der Waals surface area contributed by atoms with Crippen molar-refractivity contribution >= 4 is 40.7 Å². The molecule has 1 unspecified atom stereocenters. The zero-order valence-corrected chi connectivity index (χ0v) is 21.4. The molecule has 0 bridgehead atoms. The van der Waals surface area contributed by atoms with Gasteiger partial charge in [0, 0.05) is 40.7 Å². The third kappa shape index (κ3) is 6.32. The number of thiazole rings is 1. The minimum atomic E-state index is -3.17. The molecular formula is C25H25ClF3N3O4S. The largest absolute Gasteiger partial charge is 0.481 e. The zero-order valence-electron chi connectivity index (χ0n) is 19.8. The number of nitrogens with one attached hydrogen (secondary N) is 1. The molecule has 0 radical (unpaired) electrons. The second-order valence-electron chi connectivity index (χ2n) is 9.07. The van der Waals surface area contributed by atoms with Gasteiger partial charge >= 0.3 is 11.9 Å². The summed E-state index contributed by atoms with van der Waals surface area (Å²) in [6.45, 7) is 1.70. The van der Waals surface area contributed by atoms with Crippen molar-refractivity contribution in [1.29, 1.82) is 0 Å². The van der Waals surface area contributed by atoms with Crippen LogP contribution in [0.3, 0.4) is 0 Å². The SMILES string of the molecule is CCOC(=O)C1=C(CC2CC[C@H](C(=O)O)CC(F)(F)C2)NC(c2nccs2)=N[C@H]1c1ccc(F)cc1Cl. The van der Waals surface area contributed by atoms with Gasteiger partial charge in [0.25, 0.3) is 0 Å². The molecule has 2 heterocycles. The number of benzene rings is 1. The first kappa shape index (κ1) is 27.1. The molecule has 0 saturated heterocycles. The lowest BCUT2D eigenvalue weighted by Gasteiger charge is -2.30. The van der Waals surface area contributed by atoms with E-state index >= 15 is 0 Å². The summed E-state index contributed by atoms with van der Waals surface area (Å²) >= 11 is 7.64. The van der Waals surface area contributed by atoms with E-state index in [4.69, 9.17) is 16.3 Å². The van der Waals surface area contributed by atoms with Crippen LogP contribution in [0.2, 0.25) is 5.02 Å². The molecule has 2 N–H and O–H groups in total. The number of aromatic nitrogens is 1. The first-order chi connectivity index (χ1) is 17.6. The lowest BCUT2D eigenvalue weighted by Crippen LogP contribution is -2.35. The van der Waals surface area contributed by atoms with E-state index < -0.39 is 54.4 Å². The average molecular weight is 556 g/mol. The van der Waals surface area contributed by atoms with Crippen LogP contribution in [-0.2, 0) is 14.3 Å². The zero-order chi connectivity index (χ0) is 26.7. The number of rotatable bonds is 7. The molecule has 0 amide bonds. The number of amidine groups is 1. The van der Waals surface area contributed by atoms with Crippen LogP contribution in [0.15, 0.2) is 46.0 Å². The predicted molar refractivity (Wildman–Crippen MR) is 132 cm³/mol. The fourth-order valence-corrected chi connectivity index (χ4v) is 5.64. The average Bonchev–Trinajstić information content (AvgIpc) is 3.31. The summed E-state index contributed by atoms with van der Waals surface area (Å²) in [5.41, 5.74) is 0.743. The minimum Gasteiger partial charge on any atom is -0.481 e. The Hall–Kier alpha value is -2.92. The molecule has 12 heteroatoms. The van der Waals surface area contributed by atoms with E-state index in [1.165, 1.54) is 23.5 Å². The number of halogens is 4. The van der Waals surface area contributed by atoms with Gasteiger partial charge in [0.2, 0.25) is 5.92 Å². The van der Waals surface area contributed by atoms with Crippen molar-refractivity contribution in [3.63, 3.8) is 0 Å². The Morgan fingerprint density at radius 3 is 2.73 bits per heavy atom. The van der Waals surface area contributed by atoms with Crippen molar-refractivity contribution < 1.29 is 32.6 Å². The number of allylic oxidation sites excluding steroid dienone is 1. The first-order valence-corrected chi connectivity index (χ1v) is 13.0. The van der Waals surface area contributed by atoms with Crippen LogP contribution >= 0.6 is 22.9 Å². The molecular weight excluding hydrogens is 531 g/mol. The van der Waals surface area contributed by atoms with Gasteiger partial charge in [-0.25, -0.2) is 22.9 Å². The Morgan fingerprint density at radius 2 is 2.08 bits per heavy atom. The van der Waals surface area contributed by atoms with E-state index in [1.807, 2.05) is 0 Å². The Kier molecular flexibility index (Phi) is 8.23. The van der Waals surface area contributed by atoms with Crippen LogP contribution in [0.1, 0.15) is 55.6 Å². The van der Waals surface area contributed by atoms with Crippen LogP contribution in [0.4, 0.5) is 13.2 Å². The minimum absolute atomic E-state index is 0.0236. The van der Waals surface area contributed by atoms with Gasteiger partial charge in [0.15, 0.2) is 10.8 Å². The van der Waals surface area contributed by atoms with Crippen molar-refractivity contribution in [2.75, 3.05) is 6.61 Å². The maximum atomic E-state index is 14.7. The highest BCUT2D eigenvalue weighted by molar-refractivity contribution is 7.11. The number of aliphatic imine (C=N–C) groups is 1. The lowest BCUT2D eigenvalue weighted by atomic mass is 9.88. The van der Waals surface area contributed by atoms with Gasteiger partial charge in [-0.1, -0.05) is 17.7 Å². The number of nitrogens with zero attached hydrogens (tertiary/aromatic N) is 2. The smallest absolute Gasteiger partial charge is 0.338 e. The third-order valence-electron chi connectivity index (χ3n) is 6.41. The number of carbonyl (C=O) groups is 2. The molecule has 7 nitrogen and oxygen atoms in total. The lowest BCUT2D eigenvalue weighted by molar-refractivity contribution is -0.145. The molecule has 1 fully saturated rings. The Morgan fingerprint density at radius 1 is 1.30 bits per heavy atom. The topological polar surface area (TPSA) is 101 Å². The fourth-order valence-electron chi connectivity index (χ4n) is 4.78. The van der Waals surface area contributed by atoms with Crippen LogP contribution < -0.4 is 5.32 Å². The van der Waals surface area contributed by atoms with Crippen LogP contribution in [0.5, 0.6) is 0 Å². The van der Waals surface area contributed by atoms with Crippen LogP contribution in [-0.4, -0.2) is 40.4 Å². The van der Waals surface area contributed by atoms with Crippen molar-refractivity contribution in [2.45, 2.75) is 51.0 Å². The number of carboxylic acids is 1. The van der Waals surface area contributed by atoms with Gasteiger partial charge < -0.3 is 15.2 Å². The fraction of sp³-hybridized carbons (Fsp3) is 0.440. The second kappa shape index (κ2) is 11.2. The van der Waals surface area contributed by atoms with Gasteiger partial charge in [-0.2, -0.15) is 0 Å². The number of hydrogen-bond acceptors (Lipinski definition) is 7. The van der Waals surface area contributed by atoms with E-state index in [0.29, 0.717) is 22.1 Å². The molecule has 1 aromatic heterocycles. The van der Waals surface area contributed by atoms with E-state index in [0.717, 1.165) is 6.07 Å². The highest BCUT2D eigenvalue weighted by Gasteiger charge is 2.42. The molecule has 3 atom stereocenters. The van der Waals surface area contributed by atoms with Crippen molar-refractivity contribution in [3.05, 3.63) is 62.5 Å². The molecule has 0 spiro atoms. The highest BCUT2D eigenvalue weighted by atomic mass is 35.5. The van der Waals surface area contributed by atoms with Gasteiger partial charge in [-0.15, -0.1) is 11.3 Å². The predicted octanol–water partition coefficient (Wildman–Crippen LogP) is 5.76.